The lowest BCUT2D eigenvalue weighted by Crippen LogP contribution is -2.47. The van der Waals surface area contributed by atoms with Crippen molar-refractivity contribution in [3.8, 4) is 0 Å². The first-order chi connectivity index (χ1) is 8.81. The zero-order valence-corrected chi connectivity index (χ0v) is 11.2. The van der Waals surface area contributed by atoms with Crippen LogP contribution in [0, 0.1) is 5.92 Å². The van der Waals surface area contributed by atoms with E-state index >= 15 is 0 Å². The summed E-state index contributed by atoms with van der Waals surface area (Å²) in [6.45, 7) is 9.16. The fourth-order valence-corrected chi connectivity index (χ4v) is 2.92. The van der Waals surface area contributed by atoms with Gasteiger partial charge in [0.1, 0.15) is 5.82 Å². The van der Waals surface area contributed by atoms with Crippen molar-refractivity contribution in [2.75, 3.05) is 46.3 Å². The maximum absolute atomic E-state index is 4.39. The molecular formula is C13H23N5. The van der Waals surface area contributed by atoms with Crippen molar-refractivity contribution >= 4 is 0 Å². The van der Waals surface area contributed by atoms with Gasteiger partial charge >= 0.3 is 0 Å². The lowest BCUT2D eigenvalue weighted by molar-refractivity contribution is 0.132. The summed E-state index contributed by atoms with van der Waals surface area (Å²) in [7, 11) is 2.21. The standard InChI is InChI=1S/C13H23N5/c1-16-4-6-17(7-5-16)10-12-8-14-9-13-15-2-3-18(13)11-12/h2-3,12,14H,4-11H2,1H3. The SMILES string of the molecule is CN1CCN(CC2CNCc3nccn3C2)CC1. The van der Waals surface area contributed by atoms with Crippen molar-refractivity contribution in [3.05, 3.63) is 18.2 Å². The van der Waals surface area contributed by atoms with Crippen LogP contribution in [0.15, 0.2) is 12.4 Å². The first-order valence-electron chi connectivity index (χ1n) is 6.93. The minimum atomic E-state index is 0.698. The van der Waals surface area contributed by atoms with Crippen molar-refractivity contribution in [2.45, 2.75) is 13.1 Å². The van der Waals surface area contributed by atoms with Gasteiger partial charge in [-0.15, -0.1) is 0 Å². The van der Waals surface area contributed by atoms with Crippen LogP contribution in [-0.2, 0) is 13.1 Å². The highest BCUT2D eigenvalue weighted by molar-refractivity contribution is 4.95. The molecule has 18 heavy (non-hydrogen) atoms. The highest BCUT2D eigenvalue weighted by Gasteiger charge is 2.21. The minimum absolute atomic E-state index is 0.698. The number of nitrogens with zero attached hydrogens (tertiary/aromatic N) is 4. The van der Waals surface area contributed by atoms with Crippen LogP contribution in [0.5, 0.6) is 0 Å². The van der Waals surface area contributed by atoms with Gasteiger partial charge in [0, 0.05) is 64.1 Å². The molecule has 3 heterocycles. The smallest absolute Gasteiger partial charge is 0.122 e. The van der Waals surface area contributed by atoms with Gasteiger partial charge in [-0.1, -0.05) is 0 Å². The Bertz CT molecular complexity index is 380. The monoisotopic (exact) mass is 249 g/mol. The maximum Gasteiger partial charge on any atom is 0.122 e. The molecule has 0 saturated carbocycles. The van der Waals surface area contributed by atoms with E-state index in [2.05, 4.69) is 37.9 Å². The summed E-state index contributed by atoms with van der Waals surface area (Å²) in [5, 5.41) is 3.52. The maximum atomic E-state index is 4.39. The lowest BCUT2D eigenvalue weighted by atomic mass is 10.1. The van der Waals surface area contributed by atoms with Gasteiger partial charge in [-0.25, -0.2) is 4.98 Å². The molecule has 1 unspecified atom stereocenters. The fourth-order valence-electron chi connectivity index (χ4n) is 2.92. The summed E-state index contributed by atoms with van der Waals surface area (Å²) in [5.41, 5.74) is 0. The fraction of sp³-hybridized carbons (Fsp3) is 0.769. The van der Waals surface area contributed by atoms with Crippen LogP contribution in [0.4, 0.5) is 0 Å². The number of aromatic nitrogens is 2. The van der Waals surface area contributed by atoms with Gasteiger partial charge in [0.05, 0.1) is 6.54 Å². The van der Waals surface area contributed by atoms with Crippen LogP contribution in [0.2, 0.25) is 0 Å². The third-order valence-corrected chi connectivity index (χ3v) is 4.09. The molecule has 0 radical (unpaired) electrons. The normalized spacial score (nSPS) is 26.8. The van der Waals surface area contributed by atoms with Crippen molar-refractivity contribution in [1.82, 2.24) is 24.7 Å². The first kappa shape index (κ1) is 12.1. The Morgan fingerprint density at radius 1 is 1.33 bits per heavy atom. The Kier molecular flexibility index (Phi) is 3.63. The van der Waals surface area contributed by atoms with Crippen molar-refractivity contribution in [1.29, 1.82) is 0 Å². The second-order valence-corrected chi connectivity index (χ2v) is 5.60. The number of hydrogen-bond donors (Lipinski definition) is 1. The van der Waals surface area contributed by atoms with Crippen LogP contribution in [-0.4, -0.2) is 65.7 Å². The van der Waals surface area contributed by atoms with E-state index in [1.165, 1.54) is 38.5 Å². The first-order valence-corrected chi connectivity index (χ1v) is 6.93. The average Bonchev–Trinajstić information content (AvgIpc) is 2.71. The molecule has 2 aliphatic rings. The van der Waals surface area contributed by atoms with E-state index in [9.17, 15) is 0 Å². The van der Waals surface area contributed by atoms with Crippen LogP contribution in [0.25, 0.3) is 0 Å². The van der Waals surface area contributed by atoms with Crippen molar-refractivity contribution in [2.24, 2.45) is 5.92 Å². The molecule has 0 spiro atoms. The minimum Gasteiger partial charge on any atom is -0.333 e. The van der Waals surface area contributed by atoms with Crippen molar-refractivity contribution < 1.29 is 0 Å². The third kappa shape index (κ3) is 2.74. The molecule has 0 aliphatic carbocycles. The van der Waals surface area contributed by atoms with E-state index < -0.39 is 0 Å². The molecule has 3 rings (SSSR count). The predicted molar refractivity (Wildman–Crippen MR) is 71.4 cm³/mol. The molecule has 0 aromatic carbocycles. The largest absolute Gasteiger partial charge is 0.333 e. The molecule has 5 heteroatoms. The summed E-state index contributed by atoms with van der Waals surface area (Å²) in [6.07, 6.45) is 4.02. The number of fused-ring (bicyclic) bond motifs is 1. The Labute approximate surface area is 109 Å². The molecule has 1 saturated heterocycles. The summed E-state index contributed by atoms with van der Waals surface area (Å²) in [5.74, 6) is 1.87. The van der Waals surface area contributed by atoms with Crippen LogP contribution in [0.1, 0.15) is 5.82 Å². The van der Waals surface area contributed by atoms with Crippen molar-refractivity contribution in [3.63, 3.8) is 0 Å². The van der Waals surface area contributed by atoms with Gasteiger partial charge in [-0.05, 0) is 7.05 Å². The van der Waals surface area contributed by atoms with E-state index in [1.807, 2.05) is 6.20 Å². The molecule has 1 N–H and O–H groups in total. The number of piperazine rings is 1. The molecule has 0 amide bonds. The molecule has 1 atom stereocenters. The van der Waals surface area contributed by atoms with E-state index in [-0.39, 0.29) is 0 Å². The Balaban J connectivity index is 1.57. The number of hydrogen-bond acceptors (Lipinski definition) is 4. The zero-order valence-electron chi connectivity index (χ0n) is 11.2. The number of nitrogens with one attached hydrogen (secondary N) is 1. The highest BCUT2D eigenvalue weighted by atomic mass is 15.2. The lowest BCUT2D eigenvalue weighted by Gasteiger charge is -2.34. The number of imidazole rings is 1. The second-order valence-electron chi connectivity index (χ2n) is 5.60. The molecule has 0 bridgehead atoms. The topological polar surface area (TPSA) is 36.3 Å². The predicted octanol–water partition coefficient (Wildman–Crippen LogP) is -0.150. The molecular weight excluding hydrogens is 226 g/mol. The van der Waals surface area contributed by atoms with E-state index in [0.717, 1.165) is 19.6 Å². The Morgan fingerprint density at radius 2 is 2.17 bits per heavy atom. The summed E-state index contributed by atoms with van der Waals surface area (Å²) >= 11 is 0. The van der Waals surface area contributed by atoms with Gasteiger partial charge in [0.15, 0.2) is 0 Å². The summed E-state index contributed by atoms with van der Waals surface area (Å²) in [6, 6.07) is 0. The van der Waals surface area contributed by atoms with Crippen LogP contribution in [0.3, 0.4) is 0 Å². The molecule has 1 fully saturated rings. The van der Waals surface area contributed by atoms with Gasteiger partial charge in [-0.2, -0.15) is 0 Å². The van der Waals surface area contributed by atoms with Gasteiger partial charge < -0.3 is 19.7 Å². The summed E-state index contributed by atoms with van der Waals surface area (Å²) < 4.78 is 2.31. The van der Waals surface area contributed by atoms with E-state index in [4.69, 9.17) is 0 Å². The number of likely N-dealkylation sites (N-methyl/N-ethyl adjacent to an activating group) is 1. The molecule has 5 nitrogen and oxygen atoms in total. The molecule has 1 aromatic heterocycles. The summed E-state index contributed by atoms with van der Waals surface area (Å²) in [4.78, 5) is 9.41. The van der Waals surface area contributed by atoms with Gasteiger partial charge in [0.2, 0.25) is 0 Å². The van der Waals surface area contributed by atoms with E-state index in [1.54, 1.807) is 0 Å². The van der Waals surface area contributed by atoms with Gasteiger partial charge in [-0.3, -0.25) is 0 Å². The molecule has 100 valence electrons. The second kappa shape index (κ2) is 5.38. The van der Waals surface area contributed by atoms with Crippen LogP contribution < -0.4 is 5.32 Å². The van der Waals surface area contributed by atoms with E-state index in [0.29, 0.717) is 5.92 Å². The molecule has 2 aliphatic heterocycles. The Morgan fingerprint density at radius 3 is 3.00 bits per heavy atom. The van der Waals surface area contributed by atoms with Crippen LogP contribution >= 0.6 is 0 Å². The third-order valence-electron chi connectivity index (χ3n) is 4.09. The Hall–Kier alpha value is -0.910. The quantitative estimate of drug-likeness (QED) is 0.791. The highest BCUT2D eigenvalue weighted by Crippen LogP contribution is 2.11. The van der Waals surface area contributed by atoms with Gasteiger partial charge in [0.25, 0.3) is 0 Å². The molecule has 1 aromatic rings. The zero-order chi connectivity index (χ0) is 12.4. The average molecular weight is 249 g/mol. The number of rotatable bonds is 2.